The van der Waals surface area contributed by atoms with Crippen LogP contribution in [0.15, 0.2) is 36.4 Å². The summed E-state index contributed by atoms with van der Waals surface area (Å²) in [5.41, 5.74) is 0.732. The van der Waals surface area contributed by atoms with Crippen molar-refractivity contribution in [2.75, 3.05) is 5.32 Å². The largest absolute Gasteiger partial charge is 0.484 e. The van der Waals surface area contributed by atoms with Gasteiger partial charge >= 0.3 is 0 Å². The highest BCUT2D eigenvalue weighted by atomic mass is 16.5. The van der Waals surface area contributed by atoms with Crippen LogP contribution in [0.1, 0.15) is 19.8 Å². The van der Waals surface area contributed by atoms with Crippen molar-refractivity contribution in [3.63, 3.8) is 0 Å². The Bertz CT molecular complexity index is 412. The fourth-order valence-corrected chi connectivity index (χ4v) is 1.73. The van der Waals surface area contributed by atoms with Crippen molar-refractivity contribution in [2.24, 2.45) is 0 Å². The number of hydrogen-bond donors (Lipinski definition) is 1. The van der Waals surface area contributed by atoms with Crippen molar-refractivity contribution in [2.45, 2.75) is 25.9 Å². The number of nitrogens with one attached hydrogen (secondary N) is 1. The Kier molecular flexibility index (Phi) is 3.25. The number of hydrogen-bond acceptors (Lipinski definition) is 2. The maximum Gasteiger partial charge on any atom is 0.221 e. The smallest absolute Gasteiger partial charge is 0.221 e. The lowest BCUT2D eigenvalue weighted by molar-refractivity contribution is -0.114. The molecule has 0 aromatic heterocycles. The minimum Gasteiger partial charge on any atom is -0.484 e. The van der Waals surface area contributed by atoms with Gasteiger partial charge in [0.1, 0.15) is 11.9 Å². The molecule has 84 valence electrons. The number of benzene rings is 1. The summed E-state index contributed by atoms with van der Waals surface area (Å²) in [6, 6.07) is 7.49. The van der Waals surface area contributed by atoms with Crippen LogP contribution in [0.4, 0.5) is 5.69 Å². The van der Waals surface area contributed by atoms with Crippen molar-refractivity contribution in [3.8, 4) is 5.75 Å². The molecule has 1 aromatic rings. The average Bonchev–Trinajstić information content (AvgIpc) is 2.73. The zero-order valence-corrected chi connectivity index (χ0v) is 9.27. The monoisotopic (exact) mass is 217 g/mol. The molecule has 3 nitrogen and oxygen atoms in total. The Morgan fingerprint density at radius 2 is 2.25 bits per heavy atom. The van der Waals surface area contributed by atoms with Gasteiger partial charge in [0.25, 0.3) is 0 Å². The van der Waals surface area contributed by atoms with Gasteiger partial charge in [0, 0.05) is 6.92 Å². The first kappa shape index (κ1) is 10.7. The van der Waals surface area contributed by atoms with Crippen molar-refractivity contribution in [3.05, 3.63) is 36.4 Å². The lowest BCUT2D eigenvalue weighted by Gasteiger charge is -2.15. The summed E-state index contributed by atoms with van der Waals surface area (Å²) in [5, 5.41) is 2.76. The third-order valence-corrected chi connectivity index (χ3v) is 2.44. The molecule has 1 aliphatic carbocycles. The van der Waals surface area contributed by atoms with E-state index in [4.69, 9.17) is 4.74 Å². The third-order valence-electron chi connectivity index (χ3n) is 2.44. The summed E-state index contributed by atoms with van der Waals surface area (Å²) in [4.78, 5) is 11.0. The number of amides is 1. The van der Waals surface area contributed by atoms with Crippen molar-refractivity contribution in [1.29, 1.82) is 0 Å². The molecule has 0 radical (unpaired) electrons. The standard InChI is InChI=1S/C13H15NO2/c1-10(15)14-12-8-4-5-9-13(12)16-11-6-2-3-7-11/h2,4-6,8-9,11H,3,7H2,1H3,(H,14,15). The molecule has 1 N–H and O–H groups in total. The van der Waals surface area contributed by atoms with Crippen LogP contribution >= 0.6 is 0 Å². The van der Waals surface area contributed by atoms with Crippen LogP contribution in [0.3, 0.4) is 0 Å². The topological polar surface area (TPSA) is 38.3 Å². The quantitative estimate of drug-likeness (QED) is 0.790. The Balaban J connectivity index is 2.12. The number of rotatable bonds is 3. The van der Waals surface area contributed by atoms with Gasteiger partial charge in [-0.3, -0.25) is 4.79 Å². The van der Waals surface area contributed by atoms with E-state index in [-0.39, 0.29) is 12.0 Å². The van der Waals surface area contributed by atoms with Crippen LogP contribution in [0.2, 0.25) is 0 Å². The highest BCUT2D eigenvalue weighted by Crippen LogP contribution is 2.27. The molecule has 1 aromatic carbocycles. The van der Waals surface area contributed by atoms with E-state index in [1.807, 2.05) is 24.3 Å². The van der Waals surface area contributed by atoms with Crippen LogP contribution in [0, 0.1) is 0 Å². The fourth-order valence-electron chi connectivity index (χ4n) is 1.73. The SMILES string of the molecule is CC(=O)Nc1ccccc1OC1C=CCC1. The summed E-state index contributed by atoms with van der Waals surface area (Å²) in [6.07, 6.45) is 6.38. The van der Waals surface area contributed by atoms with E-state index in [9.17, 15) is 4.79 Å². The van der Waals surface area contributed by atoms with Gasteiger partial charge in [-0.25, -0.2) is 0 Å². The number of carbonyl (C=O) groups excluding carboxylic acids is 1. The molecule has 1 aliphatic rings. The molecule has 0 aliphatic heterocycles. The van der Waals surface area contributed by atoms with Gasteiger partial charge in [0.05, 0.1) is 5.69 Å². The van der Waals surface area contributed by atoms with Crippen LogP contribution < -0.4 is 10.1 Å². The third kappa shape index (κ3) is 2.63. The van der Waals surface area contributed by atoms with Gasteiger partial charge in [-0.1, -0.05) is 18.2 Å². The van der Waals surface area contributed by atoms with Gasteiger partial charge in [0.15, 0.2) is 0 Å². The number of ether oxygens (including phenoxy) is 1. The van der Waals surface area contributed by atoms with E-state index in [0.717, 1.165) is 24.3 Å². The molecule has 0 saturated carbocycles. The molecule has 1 unspecified atom stereocenters. The van der Waals surface area contributed by atoms with Crippen LogP contribution in [0.25, 0.3) is 0 Å². The molecule has 0 saturated heterocycles. The molecule has 2 rings (SSSR count). The fraction of sp³-hybridized carbons (Fsp3) is 0.308. The predicted molar refractivity (Wildman–Crippen MR) is 63.5 cm³/mol. The normalized spacial score (nSPS) is 18.4. The lowest BCUT2D eigenvalue weighted by Crippen LogP contribution is -2.13. The van der Waals surface area contributed by atoms with Crippen LogP contribution in [-0.4, -0.2) is 12.0 Å². The zero-order valence-electron chi connectivity index (χ0n) is 9.27. The van der Waals surface area contributed by atoms with Crippen molar-refractivity contribution >= 4 is 11.6 Å². The molecule has 0 spiro atoms. The van der Waals surface area contributed by atoms with Gasteiger partial charge in [-0.15, -0.1) is 0 Å². The number of anilines is 1. The Morgan fingerprint density at radius 3 is 2.94 bits per heavy atom. The van der Waals surface area contributed by atoms with Crippen molar-refractivity contribution in [1.82, 2.24) is 0 Å². The highest BCUT2D eigenvalue weighted by Gasteiger charge is 2.13. The van der Waals surface area contributed by atoms with E-state index >= 15 is 0 Å². The maximum absolute atomic E-state index is 11.0. The summed E-state index contributed by atoms with van der Waals surface area (Å²) < 4.78 is 5.81. The predicted octanol–water partition coefficient (Wildman–Crippen LogP) is 2.74. The van der Waals surface area contributed by atoms with E-state index in [2.05, 4.69) is 17.5 Å². The minimum absolute atomic E-state index is 0.0852. The Morgan fingerprint density at radius 1 is 1.44 bits per heavy atom. The van der Waals surface area contributed by atoms with E-state index in [1.54, 1.807) is 0 Å². The second-order valence-electron chi connectivity index (χ2n) is 3.84. The highest BCUT2D eigenvalue weighted by molar-refractivity contribution is 5.90. The van der Waals surface area contributed by atoms with Gasteiger partial charge < -0.3 is 10.1 Å². The Labute approximate surface area is 95.1 Å². The van der Waals surface area contributed by atoms with E-state index in [0.29, 0.717) is 0 Å². The second-order valence-corrected chi connectivity index (χ2v) is 3.84. The maximum atomic E-state index is 11.0. The summed E-state index contributed by atoms with van der Waals surface area (Å²) in [7, 11) is 0. The minimum atomic E-state index is -0.0852. The zero-order chi connectivity index (χ0) is 11.4. The molecule has 0 bridgehead atoms. The molecule has 1 amide bonds. The number of allylic oxidation sites excluding steroid dienone is 1. The molecule has 16 heavy (non-hydrogen) atoms. The first-order chi connectivity index (χ1) is 7.75. The summed E-state index contributed by atoms with van der Waals surface area (Å²) in [5.74, 6) is 0.646. The van der Waals surface area contributed by atoms with Gasteiger partial charge in [-0.05, 0) is 31.1 Å². The first-order valence-electron chi connectivity index (χ1n) is 5.45. The van der Waals surface area contributed by atoms with E-state index < -0.39 is 0 Å². The first-order valence-corrected chi connectivity index (χ1v) is 5.45. The van der Waals surface area contributed by atoms with Gasteiger partial charge in [0.2, 0.25) is 5.91 Å². The molecule has 0 fully saturated rings. The van der Waals surface area contributed by atoms with Crippen LogP contribution in [0.5, 0.6) is 5.75 Å². The van der Waals surface area contributed by atoms with E-state index in [1.165, 1.54) is 6.92 Å². The summed E-state index contributed by atoms with van der Waals surface area (Å²) in [6.45, 7) is 1.49. The summed E-state index contributed by atoms with van der Waals surface area (Å²) >= 11 is 0. The van der Waals surface area contributed by atoms with Crippen molar-refractivity contribution < 1.29 is 9.53 Å². The Hall–Kier alpha value is -1.77. The molecule has 0 heterocycles. The second kappa shape index (κ2) is 4.84. The number of carbonyl (C=O) groups is 1. The lowest BCUT2D eigenvalue weighted by atomic mass is 10.2. The number of para-hydroxylation sites is 2. The molecule has 1 atom stereocenters. The molecule has 3 heteroatoms. The average molecular weight is 217 g/mol. The molecular formula is C13H15NO2. The van der Waals surface area contributed by atoms with Gasteiger partial charge in [-0.2, -0.15) is 0 Å². The van der Waals surface area contributed by atoms with Crippen LogP contribution in [-0.2, 0) is 4.79 Å². The molecular weight excluding hydrogens is 202 g/mol.